The maximum Gasteiger partial charge on any atom is 0.266 e. The number of benzene rings is 3. The Labute approximate surface area is 244 Å². The molecule has 0 bridgehead atoms. The molecule has 0 aliphatic carbocycles. The number of nitrogens with zero attached hydrogens (tertiary/aromatic N) is 5. The second-order valence-electron chi connectivity index (χ2n) is 11.0. The van der Waals surface area contributed by atoms with Gasteiger partial charge in [-0.1, -0.05) is 36.4 Å². The van der Waals surface area contributed by atoms with Crippen LogP contribution in [0.2, 0.25) is 0 Å². The molecule has 0 spiro atoms. The summed E-state index contributed by atoms with van der Waals surface area (Å²) in [6, 6.07) is 19.8. The number of rotatable bonds is 7. The zero-order chi connectivity index (χ0) is 29.1. The Morgan fingerprint density at radius 1 is 0.929 bits per heavy atom. The summed E-state index contributed by atoms with van der Waals surface area (Å²) in [6.45, 7) is 5.46. The van der Waals surface area contributed by atoms with Crippen molar-refractivity contribution in [3.05, 3.63) is 94.3 Å². The predicted molar refractivity (Wildman–Crippen MR) is 167 cm³/mol. The van der Waals surface area contributed by atoms with Crippen LogP contribution in [0.25, 0.3) is 28.7 Å². The van der Waals surface area contributed by atoms with Gasteiger partial charge in [0.25, 0.3) is 5.56 Å². The van der Waals surface area contributed by atoms with E-state index in [4.69, 9.17) is 4.98 Å². The number of carbonyl (C=O) groups excluding carboxylic acids is 1. The fourth-order valence-corrected chi connectivity index (χ4v) is 5.63. The van der Waals surface area contributed by atoms with E-state index >= 15 is 4.39 Å². The fraction of sp³-hybridized carbons (Fsp3) is 0.303. The van der Waals surface area contributed by atoms with Crippen molar-refractivity contribution in [3.63, 3.8) is 0 Å². The molecule has 1 aromatic heterocycles. The first kappa shape index (κ1) is 27.8. The zero-order valence-electron chi connectivity index (χ0n) is 23.8. The minimum absolute atomic E-state index is 0.0141. The lowest BCUT2D eigenvalue weighted by Gasteiger charge is -2.34. The van der Waals surface area contributed by atoms with Crippen LogP contribution in [0.15, 0.2) is 71.5 Å². The Morgan fingerprint density at radius 3 is 2.36 bits per heavy atom. The molecule has 3 aromatic carbocycles. The summed E-state index contributed by atoms with van der Waals surface area (Å²) < 4.78 is 16.8. The van der Waals surface area contributed by atoms with Crippen LogP contribution < -0.4 is 15.8 Å². The average Bonchev–Trinajstić information content (AvgIpc) is 3.51. The number of aromatic nitrogens is 2. The third-order valence-electron chi connectivity index (χ3n) is 8.01. The van der Waals surface area contributed by atoms with Gasteiger partial charge in [-0.25, -0.2) is 9.37 Å². The molecule has 0 radical (unpaired) electrons. The van der Waals surface area contributed by atoms with E-state index < -0.39 is 5.82 Å². The molecule has 1 amide bonds. The normalized spacial score (nSPS) is 16.5. The number of hydrogen-bond acceptors (Lipinski definition) is 6. The van der Waals surface area contributed by atoms with Crippen LogP contribution in [-0.4, -0.2) is 78.1 Å². The Morgan fingerprint density at radius 2 is 1.64 bits per heavy atom. The molecule has 216 valence electrons. The summed E-state index contributed by atoms with van der Waals surface area (Å²) in [5, 5.41) is 3.20. The number of carbonyl (C=O) groups is 1. The van der Waals surface area contributed by atoms with Gasteiger partial charge in [-0.05, 0) is 81.0 Å². The van der Waals surface area contributed by atoms with E-state index in [1.54, 1.807) is 12.1 Å². The maximum absolute atomic E-state index is 15.3. The van der Waals surface area contributed by atoms with E-state index in [1.807, 2.05) is 65.6 Å². The maximum atomic E-state index is 15.3. The molecule has 0 saturated carbocycles. The number of likely N-dealkylation sites (N-methyl/N-ethyl adjacent to an activating group) is 1. The van der Waals surface area contributed by atoms with E-state index in [9.17, 15) is 9.59 Å². The first-order valence-electron chi connectivity index (χ1n) is 14.5. The van der Waals surface area contributed by atoms with Crippen LogP contribution in [0.4, 0.5) is 15.8 Å². The zero-order valence-corrected chi connectivity index (χ0v) is 23.8. The quantitative estimate of drug-likeness (QED) is 0.356. The molecule has 2 fully saturated rings. The van der Waals surface area contributed by atoms with Gasteiger partial charge < -0.3 is 15.1 Å². The summed E-state index contributed by atoms with van der Waals surface area (Å²) in [4.78, 5) is 37.4. The Balaban J connectivity index is 1.31. The van der Waals surface area contributed by atoms with Gasteiger partial charge in [0.2, 0.25) is 5.91 Å². The van der Waals surface area contributed by atoms with Crippen molar-refractivity contribution in [2.24, 2.45) is 0 Å². The molecule has 6 rings (SSSR count). The second-order valence-corrected chi connectivity index (χ2v) is 11.0. The molecule has 2 aliphatic rings. The highest BCUT2D eigenvalue weighted by molar-refractivity contribution is 5.92. The van der Waals surface area contributed by atoms with Crippen LogP contribution in [0.1, 0.15) is 24.2 Å². The molecule has 2 saturated heterocycles. The smallest absolute Gasteiger partial charge is 0.266 e. The van der Waals surface area contributed by atoms with E-state index in [-0.39, 0.29) is 16.9 Å². The van der Waals surface area contributed by atoms with Gasteiger partial charge in [-0.15, -0.1) is 0 Å². The number of halogens is 1. The summed E-state index contributed by atoms with van der Waals surface area (Å²) in [7, 11) is 2.06. The molecule has 3 heterocycles. The first-order valence-corrected chi connectivity index (χ1v) is 14.5. The van der Waals surface area contributed by atoms with Crippen molar-refractivity contribution >= 4 is 40.3 Å². The van der Waals surface area contributed by atoms with Crippen LogP contribution in [-0.2, 0) is 4.79 Å². The number of hydrogen-bond donors (Lipinski definition) is 1. The van der Waals surface area contributed by atoms with E-state index in [0.717, 1.165) is 50.3 Å². The fourth-order valence-electron chi connectivity index (χ4n) is 5.63. The Kier molecular flexibility index (Phi) is 8.12. The van der Waals surface area contributed by atoms with Crippen molar-refractivity contribution in [2.45, 2.75) is 12.8 Å². The number of nitrogens with one attached hydrogen (secondary N) is 1. The molecule has 2 aliphatic heterocycles. The molecule has 4 aromatic rings. The lowest BCUT2D eigenvalue weighted by molar-refractivity contribution is -0.117. The SMILES string of the molecule is CN1CCN(c2cc3nc(/C=C/c4ccc(NC(=O)CN5CCCC5)cc4)n(-c4ccccc4)c(=O)c3cc2F)CC1. The summed E-state index contributed by atoms with van der Waals surface area (Å²) >= 11 is 0. The number of fused-ring (bicyclic) bond motifs is 1. The molecule has 9 heteroatoms. The Bertz CT molecular complexity index is 1650. The van der Waals surface area contributed by atoms with Crippen molar-refractivity contribution in [1.29, 1.82) is 0 Å². The minimum Gasteiger partial charge on any atom is -0.367 e. The van der Waals surface area contributed by atoms with Crippen molar-refractivity contribution < 1.29 is 9.18 Å². The number of likely N-dealkylation sites (tertiary alicyclic amines) is 1. The number of para-hydroxylation sites is 1. The van der Waals surface area contributed by atoms with E-state index in [0.29, 0.717) is 42.4 Å². The van der Waals surface area contributed by atoms with Crippen LogP contribution in [0, 0.1) is 5.82 Å². The van der Waals surface area contributed by atoms with Gasteiger partial charge in [0.05, 0.1) is 28.8 Å². The number of amides is 1. The van der Waals surface area contributed by atoms with E-state index in [1.165, 1.54) is 10.6 Å². The number of piperazine rings is 1. The van der Waals surface area contributed by atoms with Gasteiger partial charge in [0.1, 0.15) is 11.6 Å². The highest BCUT2D eigenvalue weighted by atomic mass is 19.1. The Hall–Kier alpha value is -4.34. The summed E-state index contributed by atoms with van der Waals surface area (Å²) in [6.07, 6.45) is 5.97. The third-order valence-corrected chi connectivity index (χ3v) is 8.01. The molecule has 8 nitrogen and oxygen atoms in total. The second kappa shape index (κ2) is 12.3. The molecular formula is C33H35FN6O2. The van der Waals surface area contributed by atoms with Gasteiger partial charge in [0.15, 0.2) is 0 Å². The molecule has 0 unspecified atom stereocenters. The van der Waals surface area contributed by atoms with Gasteiger partial charge in [-0.3, -0.25) is 19.1 Å². The minimum atomic E-state index is -0.415. The molecular weight excluding hydrogens is 531 g/mol. The van der Waals surface area contributed by atoms with Crippen molar-refractivity contribution in [2.75, 3.05) is 63.1 Å². The molecule has 42 heavy (non-hydrogen) atoms. The van der Waals surface area contributed by atoms with Crippen molar-refractivity contribution in [1.82, 2.24) is 19.4 Å². The highest BCUT2D eigenvalue weighted by Gasteiger charge is 2.21. The first-order chi connectivity index (χ1) is 20.4. The standard InChI is InChI=1S/C33H35FN6O2/c1-37-17-19-39(20-18-37)30-22-29-27(21-28(30)34)33(42)40(26-7-3-2-4-8-26)31(36-29)14-11-24-9-12-25(13-10-24)35-32(41)23-38-15-5-6-16-38/h2-4,7-14,21-22H,5-6,15-20,23H2,1H3,(H,35,41)/b14-11+. The van der Waals surface area contributed by atoms with Crippen LogP contribution in [0.3, 0.4) is 0 Å². The van der Waals surface area contributed by atoms with E-state index in [2.05, 4.69) is 22.2 Å². The predicted octanol–water partition coefficient (Wildman–Crippen LogP) is 4.48. The summed E-state index contributed by atoms with van der Waals surface area (Å²) in [5.74, 6) is 0.0129. The highest BCUT2D eigenvalue weighted by Crippen LogP contribution is 2.26. The van der Waals surface area contributed by atoms with Crippen LogP contribution in [0.5, 0.6) is 0 Å². The number of anilines is 2. The van der Waals surface area contributed by atoms with Crippen molar-refractivity contribution in [3.8, 4) is 5.69 Å². The topological polar surface area (TPSA) is 73.7 Å². The molecule has 1 N–H and O–H groups in total. The van der Waals surface area contributed by atoms with Gasteiger partial charge >= 0.3 is 0 Å². The third kappa shape index (κ3) is 6.12. The van der Waals surface area contributed by atoms with Gasteiger partial charge in [0, 0.05) is 31.9 Å². The monoisotopic (exact) mass is 566 g/mol. The average molecular weight is 567 g/mol. The summed E-state index contributed by atoms with van der Waals surface area (Å²) in [5.41, 5.74) is 2.87. The molecule has 0 atom stereocenters. The largest absolute Gasteiger partial charge is 0.367 e. The lowest BCUT2D eigenvalue weighted by Crippen LogP contribution is -2.44. The van der Waals surface area contributed by atoms with Crippen LogP contribution >= 0.6 is 0 Å². The van der Waals surface area contributed by atoms with Gasteiger partial charge in [-0.2, -0.15) is 0 Å². The lowest BCUT2D eigenvalue weighted by atomic mass is 10.1.